The Morgan fingerprint density at radius 2 is 2.24 bits per heavy atom. The summed E-state index contributed by atoms with van der Waals surface area (Å²) in [6.45, 7) is 1.97. The van der Waals surface area contributed by atoms with Crippen LogP contribution < -0.4 is 11.2 Å². The van der Waals surface area contributed by atoms with E-state index in [2.05, 4.69) is 4.98 Å². The fourth-order valence-corrected chi connectivity index (χ4v) is 1.68. The Bertz CT molecular complexity index is 407. The van der Waals surface area contributed by atoms with E-state index in [0.717, 1.165) is 20.0 Å². The van der Waals surface area contributed by atoms with Crippen LogP contribution in [0.4, 0.5) is 5.82 Å². The minimum atomic E-state index is -0.423. The summed E-state index contributed by atoms with van der Waals surface area (Å²) in [6.07, 6.45) is 3.27. The van der Waals surface area contributed by atoms with Crippen molar-refractivity contribution in [1.29, 1.82) is 0 Å². The van der Waals surface area contributed by atoms with E-state index in [4.69, 9.17) is 15.1 Å². The number of rotatable bonds is 2. The van der Waals surface area contributed by atoms with Crippen molar-refractivity contribution in [3.05, 3.63) is 22.7 Å². The molecule has 7 nitrogen and oxygen atoms in total. The van der Waals surface area contributed by atoms with Crippen LogP contribution in [0.1, 0.15) is 26.0 Å². The highest BCUT2D eigenvalue weighted by atomic mass is 16.5. The number of nitrogens with one attached hydrogen (secondary N) is 1. The van der Waals surface area contributed by atoms with Crippen LogP contribution in [0.2, 0.25) is 0 Å². The van der Waals surface area contributed by atoms with E-state index >= 15 is 0 Å². The molecule has 2 atom stereocenters. The number of nitrogens with zero attached hydrogens (tertiary/aromatic N) is 2. The Kier molecular flexibility index (Phi) is 5.08. The van der Waals surface area contributed by atoms with Crippen LogP contribution >= 0.6 is 0 Å². The van der Waals surface area contributed by atoms with Crippen molar-refractivity contribution < 1.29 is 15.1 Å². The molecule has 0 radical (unpaired) electrons. The van der Waals surface area contributed by atoms with Gasteiger partial charge in [0, 0.05) is 13.3 Å². The first-order chi connectivity index (χ1) is 8.20. The van der Waals surface area contributed by atoms with E-state index in [-0.39, 0.29) is 18.1 Å². The molecule has 1 aliphatic rings. The zero-order valence-electron chi connectivity index (χ0n) is 9.83. The Morgan fingerprint density at radius 3 is 2.71 bits per heavy atom. The molecule has 1 aromatic rings. The summed E-state index contributed by atoms with van der Waals surface area (Å²) >= 11 is 0. The predicted octanol–water partition coefficient (Wildman–Crippen LogP) is 0.350. The fraction of sp³-hybridized carbons (Fsp3) is 0.600. The molecule has 1 saturated heterocycles. The van der Waals surface area contributed by atoms with Gasteiger partial charge in [0.25, 0.3) is 0 Å². The molecular weight excluding hydrogens is 226 g/mol. The molecule has 3 N–H and O–H groups in total. The topological polar surface area (TPSA) is 96.6 Å². The van der Waals surface area contributed by atoms with Gasteiger partial charge in [-0.3, -0.25) is 15.3 Å². The summed E-state index contributed by atoms with van der Waals surface area (Å²) in [6, 6.07) is 1.52. The highest BCUT2D eigenvalue weighted by molar-refractivity contribution is 5.27. The van der Waals surface area contributed by atoms with E-state index in [0.29, 0.717) is 0 Å². The number of aliphatic hydroxyl groups is 1. The van der Waals surface area contributed by atoms with Crippen LogP contribution in [0.15, 0.2) is 17.1 Å². The van der Waals surface area contributed by atoms with Crippen molar-refractivity contribution in [3.8, 4) is 0 Å². The third-order valence-corrected chi connectivity index (χ3v) is 2.46. The number of aromatic nitrogens is 2. The molecular formula is C10H17N3O4. The standard InChI is InChI=1S/C9H13N3O3.CH4O/c1-6-2-3-8(15-6)12-5-4-7(11-14)10-9(12)13;1-2/h4-6,8,14H,2-3H2,1H3,(H,10,11,13);2H,1H3. The second-order valence-corrected chi connectivity index (χ2v) is 3.59. The summed E-state index contributed by atoms with van der Waals surface area (Å²) in [5, 5.41) is 15.6. The molecule has 2 rings (SSSR count). The Hall–Kier alpha value is -1.44. The van der Waals surface area contributed by atoms with Crippen LogP contribution in [0.25, 0.3) is 0 Å². The molecule has 2 unspecified atom stereocenters. The first-order valence-electron chi connectivity index (χ1n) is 5.30. The minimum Gasteiger partial charge on any atom is -0.400 e. The largest absolute Gasteiger partial charge is 0.400 e. The van der Waals surface area contributed by atoms with Gasteiger partial charge in [-0.25, -0.2) is 4.79 Å². The molecule has 17 heavy (non-hydrogen) atoms. The maximum Gasteiger partial charge on any atom is 0.351 e. The molecule has 7 heteroatoms. The smallest absolute Gasteiger partial charge is 0.351 e. The summed E-state index contributed by atoms with van der Waals surface area (Å²) in [5.41, 5.74) is 1.41. The number of ether oxygens (including phenoxy) is 1. The molecule has 1 aliphatic heterocycles. The van der Waals surface area contributed by atoms with Crippen molar-refractivity contribution in [1.82, 2.24) is 9.55 Å². The molecule has 0 bridgehead atoms. The summed E-state index contributed by atoms with van der Waals surface area (Å²) in [7, 11) is 1.00. The van der Waals surface area contributed by atoms with E-state index in [1.54, 1.807) is 6.20 Å². The number of aliphatic hydroxyl groups excluding tert-OH is 1. The van der Waals surface area contributed by atoms with Crippen LogP contribution in [0.3, 0.4) is 0 Å². The van der Waals surface area contributed by atoms with Gasteiger partial charge in [0.05, 0.1) is 6.10 Å². The van der Waals surface area contributed by atoms with E-state index in [1.807, 2.05) is 12.4 Å². The highest BCUT2D eigenvalue weighted by Gasteiger charge is 2.24. The van der Waals surface area contributed by atoms with Crippen LogP contribution in [0, 0.1) is 0 Å². The summed E-state index contributed by atoms with van der Waals surface area (Å²) in [5.74, 6) is 0.141. The lowest BCUT2D eigenvalue weighted by Gasteiger charge is -2.13. The maximum absolute atomic E-state index is 11.5. The van der Waals surface area contributed by atoms with Crippen molar-refractivity contribution in [2.24, 2.45) is 0 Å². The van der Waals surface area contributed by atoms with Gasteiger partial charge in [-0.15, -0.1) is 0 Å². The van der Waals surface area contributed by atoms with Gasteiger partial charge in [-0.2, -0.15) is 4.98 Å². The van der Waals surface area contributed by atoms with Crippen molar-refractivity contribution >= 4 is 5.82 Å². The third kappa shape index (κ3) is 3.26. The molecule has 0 spiro atoms. The predicted molar refractivity (Wildman–Crippen MR) is 60.9 cm³/mol. The number of anilines is 1. The van der Waals surface area contributed by atoms with E-state index in [9.17, 15) is 4.79 Å². The van der Waals surface area contributed by atoms with Gasteiger partial charge in [-0.1, -0.05) is 0 Å². The summed E-state index contributed by atoms with van der Waals surface area (Å²) < 4.78 is 6.98. The number of hydrogen-bond donors (Lipinski definition) is 3. The first-order valence-corrected chi connectivity index (χ1v) is 5.30. The normalized spacial score (nSPS) is 22.8. The summed E-state index contributed by atoms with van der Waals surface area (Å²) in [4.78, 5) is 15.1. The minimum absolute atomic E-state index is 0.141. The fourth-order valence-electron chi connectivity index (χ4n) is 1.68. The Labute approximate surface area is 98.6 Å². The van der Waals surface area contributed by atoms with E-state index in [1.165, 1.54) is 10.6 Å². The van der Waals surface area contributed by atoms with Crippen molar-refractivity contribution in [3.63, 3.8) is 0 Å². The lowest BCUT2D eigenvalue weighted by molar-refractivity contribution is 0.00802. The third-order valence-electron chi connectivity index (χ3n) is 2.46. The molecule has 2 heterocycles. The SMILES string of the molecule is CC1CCC(n2ccc(NO)nc2=O)O1.CO. The zero-order valence-corrected chi connectivity index (χ0v) is 9.83. The highest BCUT2D eigenvalue weighted by Crippen LogP contribution is 2.26. The quantitative estimate of drug-likeness (QED) is 0.648. The van der Waals surface area contributed by atoms with Crippen molar-refractivity contribution in [2.75, 3.05) is 12.6 Å². The molecule has 0 aromatic carbocycles. The molecule has 0 aliphatic carbocycles. The monoisotopic (exact) mass is 243 g/mol. The van der Waals surface area contributed by atoms with Gasteiger partial charge in [0.1, 0.15) is 6.23 Å². The van der Waals surface area contributed by atoms with Crippen molar-refractivity contribution in [2.45, 2.75) is 32.1 Å². The van der Waals surface area contributed by atoms with Crippen LogP contribution in [0.5, 0.6) is 0 Å². The molecule has 1 fully saturated rings. The second-order valence-electron chi connectivity index (χ2n) is 3.59. The Morgan fingerprint density at radius 1 is 1.53 bits per heavy atom. The lowest BCUT2D eigenvalue weighted by Crippen LogP contribution is -2.27. The average Bonchev–Trinajstić information content (AvgIpc) is 2.78. The van der Waals surface area contributed by atoms with Gasteiger partial charge in [-0.05, 0) is 25.8 Å². The molecule has 0 amide bonds. The first kappa shape index (κ1) is 13.6. The second kappa shape index (κ2) is 6.33. The molecule has 96 valence electrons. The van der Waals surface area contributed by atoms with Gasteiger partial charge in [0.2, 0.25) is 0 Å². The molecule has 1 aromatic heterocycles. The van der Waals surface area contributed by atoms with Crippen LogP contribution in [-0.2, 0) is 4.74 Å². The van der Waals surface area contributed by atoms with E-state index < -0.39 is 5.69 Å². The number of hydrogen-bond acceptors (Lipinski definition) is 6. The van der Waals surface area contributed by atoms with Crippen LogP contribution in [-0.4, -0.2) is 33.1 Å². The average molecular weight is 243 g/mol. The van der Waals surface area contributed by atoms with Gasteiger partial charge in [0.15, 0.2) is 5.82 Å². The van der Waals surface area contributed by atoms with Gasteiger partial charge >= 0.3 is 5.69 Å². The zero-order chi connectivity index (χ0) is 12.8. The Balaban J connectivity index is 0.000000686. The maximum atomic E-state index is 11.5. The molecule has 0 saturated carbocycles. The van der Waals surface area contributed by atoms with Gasteiger partial charge < -0.3 is 9.84 Å². The lowest BCUT2D eigenvalue weighted by atomic mass is 10.2.